The van der Waals surface area contributed by atoms with Crippen molar-refractivity contribution in [3.05, 3.63) is 112 Å². The Balaban J connectivity index is 1.83. The van der Waals surface area contributed by atoms with Crippen molar-refractivity contribution in [1.82, 2.24) is 21.3 Å². The quantitative estimate of drug-likeness (QED) is 0.0215. The molecule has 0 saturated carbocycles. The Morgan fingerprint density at radius 1 is 0.660 bits per heavy atom. The molecule has 53 heavy (non-hydrogen) atoms. The number of primary amides is 1. The van der Waals surface area contributed by atoms with Crippen LogP contribution in [0.2, 0.25) is 0 Å². The van der Waals surface area contributed by atoms with Crippen LogP contribution in [-0.4, -0.2) is 66.2 Å². The van der Waals surface area contributed by atoms with Crippen molar-refractivity contribution in [2.45, 2.75) is 76.0 Å². The zero-order valence-electron chi connectivity index (χ0n) is 29.6. The zero-order chi connectivity index (χ0) is 38.6. The van der Waals surface area contributed by atoms with Crippen LogP contribution < -0.4 is 38.5 Å². The van der Waals surface area contributed by atoms with Gasteiger partial charge in [-0.1, -0.05) is 97.7 Å². The minimum atomic E-state index is -1.14. The SMILES string of the molecule is CCCCC(NC(=O)C(Cc1ccccc1)NC(=O)c1ccc(N=[N+]=[N-])cc1)C(=O)NC(CCCN=C(N)N)C(=O)NC(Cc1ccccc1)C(N)=O. The number of aliphatic imine (C=N–C) groups is 1. The molecule has 0 radical (unpaired) electrons. The van der Waals surface area contributed by atoms with Crippen molar-refractivity contribution in [2.75, 3.05) is 6.54 Å². The normalized spacial score (nSPS) is 12.8. The van der Waals surface area contributed by atoms with Crippen LogP contribution in [0.4, 0.5) is 5.69 Å². The highest BCUT2D eigenvalue weighted by Gasteiger charge is 2.31. The molecule has 10 N–H and O–H groups in total. The van der Waals surface area contributed by atoms with Gasteiger partial charge in [-0.05, 0) is 48.1 Å². The number of benzene rings is 3. The van der Waals surface area contributed by atoms with E-state index >= 15 is 0 Å². The molecule has 4 unspecified atom stereocenters. The van der Waals surface area contributed by atoms with Crippen molar-refractivity contribution >= 4 is 41.2 Å². The van der Waals surface area contributed by atoms with E-state index in [4.69, 9.17) is 22.7 Å². The van der Waals surface area contributed by atoms with Gasteiger partial charge in [0, 0.05) is 35.5 Å². The fourth-order valence-electron chi connectivity index (χ4n) is 5.37. The molecule has 0 saturated heterocycles. The summed E-state index contributed by atoms with van der Waals surface area (Å²) < 4.78 is 0. The van der Waals surface area contributed by atoms with E-state index in [9.17, 15) is 24.0 Å². The number of carbonyl (C=O) groups is 5. The minimum absolute atomic E-state index is 0.102. The highest BCUT2D eigenvalue weighted by atomic mass is 16.2. The van der Waals surface area contributed by atoms with Crippen molar-refractivity contribution < 1.29 is 24.0 Å². The minimum Gasteiger partial charge on any atom is -0.370 e. The first-order valence-electron chi connectivity index (χ1n) is 17.3. The molecule has 16 nitrogen and oxygen atoms in total. The Bertz CT molecular complexity index is 1740. The summed E-state index contributed by atoms with van der Waals surface area (Å²) >= 11 is 0. The fourth-order valence-corrected chi connectivity index (χ4v) is 5.37. The van der Waals surface area contributed by atoms with E-state index in [2.05, 4.69) is 36.3 Å². The largest absolute Gasteiger partial charge is 0.370 e. The molecule has 0 aliphatic rings. The standard InChI is InChI=1S/C37H47N11O5/c1-2-3-15-28(44-36(53)31(23-25-13-8-5-9-14-25)46-33(50)26-17-19-27(20-18-26)47-48-41)34(51)43-29(16-10-21-42-37(39)40)35(52)45-30(32(38)49)22-24-11-6-4-7-12-24/h4-9,11-14,17-20,28-31H,2-3,10,15-16,21-23H2,1H3,(H2,38,49)(H,43,51)(H,44,53)(H,45,52)(H,46,50)(H4,39,40,42). The van der Waals surface area contributed by atoms with Crippen molar-refractivity contribution in [2.24, 2.45) is 27.3 Å². The maximum Gasteiger partial charge on any atom is 0.251 e. The number of nitrogens with one attached hydrogen (secondary N) is 4. The van der Waals surface area contributed by atoms with Gasteiger partial charge in [-0.25, -0.2) is 0 Å². The summed E-state index contributed by atoms with van der Waals surface area (Å²) in [5.74, 6) is -3.33. The monoisotopic (exact) mass is 725 g/mol. The van der Waals surface area contributed by atoms with E-state index in [0.29, 0.717) is 24.9 Å². The first-order chi connectivity index (χ1) is 25.5. The van der Waals surface area contributed by atoms with Crippen LogP contribution in [-0.2, 0) is 32.0 Å². The molecular formula is C37H47N11O5. The van der Waals surface area contributed by atoms with Gasteiger partial charge in [0.15, 0.2) is 5.96 Å². The predicted molar refractivity (Wildman–Crippen MR) is 201 cm³/mol. The lowest BCUT2D eigenvalue weighted by atomic mass is 10.0. The van der Waals surface area contributed by atoms with Gasteiger partial charge in [-0.15, -0.1) is 0 Å². The van der Waals surface area contributed by atoms with Crippen molar-refractivity contribution in [3.8, 4) is 0 Å². The van der Waals surface area contributed by atoms with E-state index in [1.54, 1.807) is 36.4 Å². The number of amides is 5. The van der Waals surface area contributed by atoms with Gasteiger partial charge in [-0.3, -0.25) is 29.0 Å². The second kappa shape index (κ2) is 21.7. The summed E-state index contributed by atoms with van der Waals surface area (Å²) in [5, 5.41) is 14.5. The number of unbranched alkanes of at least 4 members (excludes halogenated alkanes) is 1. The van der Waals surface area contributed by atoms with Crippen LogP contribution in [0, 0.1) is 0 Å². The summed E-state index contributed by atoms with van der Waals surface area (Å²) in [5.41, 5.74) is 27.3. The second-order valence-electron chi connectivity index (χ2n) is 12.3. The van der Waals surface area contributed by atoms with Gasteiger partial charge in [0.25, 0.3) is 5.91 Å². The molecule has 5 amide bonds. The molecule has 0 aromatic heterocycles. The lowest BCUT2D eigenvalue weighted by Crippen LogP contribution is -2.58. The number of azide groups is 1. The molecule has 280 valence electrons. The average Bonchev–Trinajstić information content (AvgIpc) is 3.14. The van der Waals surface area contributed by atoms with Crippen LogP contribution in [0.15, 0.2) is 95.0 Å². The van der Waals surface area contributed by atoms with Crippen molar-refractivity contribution in [1.29, 1.82) is 0 Å². The topological polar surface area (TPSA) is 273 Å². The van der Waals surface area contributed by atoms with E-state index in [-0.39, 0.29) is 43.8 Å². The molecule has 0 fully saturated rings. The summed E-state index contributed by atoms with van der Waals surface area (Å²) in [7, 11) is 0. The number of nitrogens with zero attached hydrogens (tertiary/aromatic N) is 4. The van der Waals surface area contributed by atoms with Gasteiger partial charge < -0.3 is 38.5 Å². The van der Waals surface area contributed by atoms with Crippen LogP contribution in [0.1, 0.15) is 60.5 Å². The second-order valence-corrected chi connectivity index (χ2v) is 12.3. The third-order valence-corrected chi connectivity index (χ3v) is 8.19. The number of hydrogen-bond donors (Lipinski definition) is 7. The van der Waals surface area contributed by atoms with Crippen LogP contribution in [0.25, 0.3) is 10.4 Å². The number of nitrogens with two attached hydrogens (primary N) is 3. The Morgan fingerprint density at radius 3 is 1.64 bits per heavy atom. The van der Waals surface area contributed by atoms with E-state index in [0.717, 1.165) is 11.1 Å². The number of guanidine groups is 1. The smallest absolute Gasteiger partial charge is 0.251 e. The van der Waals surface area contributed by atoms with Gasteiger partial charge in [0.05, 0.1) is 0 Å². The lowest BCUT2D eigenvalue weighted by Gasteiger charge is -2.26. The Morgan fingerprint density at radius 2 is 1.15 bits per heavy atom. The fraction of sp³-hybridized carbons (Fsp3) is 0.351. The molecule has 0 spiro atoms. The molecule has 0 heterocycles. The summed E-state index contributed by atoms with van der Waals surface area (Å²) in [6.07, 6.45) is 2.16. The zero-order valence-corrected chi connectivity index (χ0v) is 29.6. The molecular weight excluding hydrogens is 678 g/mol. The van der Waals surface area contributed by atoms with Crippen LogP contribution >= 0.6 is 0 Å². The Hall–Kier alpha value is -6.41. The molecule has 3 aromatic rings. The van der Waals surface area contributed by atoms with E-state index in [1.165, 1.54) is 24.3 Å². The molecule has 0 aliphatic heterocycles. The first-order valence-corrected chi connectivity index (χ1v) is 17.3. The van der Waals surface area contributed by atoms with Gasteiger partial charge in [0.1, 0.15) is 24.2 Å². The van der Waals surface area contributed by atoms with E-state index in [1.807, 2.05) is 31.2 Å². The maximum atomic E-state index is 13.9. The lowest BCUT2D eigenvalue weighted by molar-refractivity contribution is -0.133. The third kappa shape index (κ3) is 14.4. The summed E-state index contributed by atoms with van der Waals surface area (Å²) in [6, 6.07) is 19.6. The number of hydrogen-bond acceptors (Lipinski definition) is 7. The Labute approximate surface area is 308 Å². The Kier molecular flexibility index (Phi) is 16.8. The summed E-state index contributed by atoms with van der Waals surface area (Å²) in [4.78, 5) is 73.7. The molecule has 3 rings (SSSR count). The predicted octanol–water partition coefficient (Wildman–Crippen LogP) is 2.40. The average molecular weight is 726 g/mol. The highest BCUT2D eigenvalue weighted by molar-refractivity contribution is 5.99. The maximum absolute atomic E-state index is 13.9. The first kappa shape index (κ1) is 41.0. The van der Waals surface area contributed by atoms with E-state index < -0.39 is 53.7 Å². The van der Waals surface area contributed by atoms with Gasteiger partial charge >= 0.3 is 0 Å². The molecule has 3 aromatic carbocycles. The van der Waals surface area contributed by atoms with Crippen molar-refractivity contribution in [3.63, 3.8) is 0 Å². The molecule has 0 bridgehead atoms. The summed E-state index contributed by atoms with van der Waals surface area (Å²) in [6.45, 7) is 2.11. The van der Waals surface area contributed by atoms with Crippen LogP contribution in [0.5, 0.6) is 0 Å². The third-order valence-electron chi connectivity index (χ3n) is 8.19. The number of carbonyl (C=O) groups excluding carboxylic acids is 5. The molecule has 0 aliphatic carbocycles. The number of rotatable bonds is 21. The molecule has 4 atom stereocenters. The highest BCUT2D eigenvalue weighted by Crippen LogP contribution is 2.14. The van der Waals surface area contributed by atoms with Gasteiger partial charge in [0.2, 0.25) is 23.6 Å². The van der Waals surface area contributed by atoms with Crippen LogP contribution in [0.3, 0.4) is 0 Å². The molecule has 16 heteroatoms. The van der Waals surface area contributed by atoms with Gasteiger partial charge in [-0.2, -0.15) is 0 Å².